The van der Waals surface area contributed by atoms with Gasteiger partial charge in [0, 0.05) is 19.1 Å². The van der Waals surface area contributed by atoms with E-state index in [4.69, 9.17) is 9.47 Å². The average molecular weight is 356 g/mol. The summed E-state index contributed by atoms with van der Waals surface area (Å²) in [5, 5.41) is 3.30. The Balaban J connectivity index is 2.04. The molecule has 0 radical (unpaired) electrons. The molecule has 0 aliphatic carbocycles. The van der Waals surface area contributed by atoms with Crippen LogP contribution in [0.1, 0.15) is 26.7 Å². The van der Waals surface area contributed by atoms with Crippen molar-refractivity contribution < 1.29 is 17.9 Å². The Bertz CT molecular complexity index is 602. The van der Waals surface area contributed by atoms with E-state index in [1.165, 1.54) is 0 Å². The van der Waals surface area contributed by atoms with Gasteiger partial charge >= 0.3 is 0 Å². The number of sulfonamides is 1. The summed E-state index contributed by atoms with van der Waals surface area (Å²) in [4.78, 5) is 0.250. The number of ether oxygens (including phenoxy) is 2. The summed E-state index contributed by atoms with van der Waals surface area (Å²) in [5.74, 6) is 0.665. The number of nitrogens with one attached hydrogen (secondary N) is 2. The first-order valence-electron chi connectivity index (χ1n) is 8.33. The van der Waals surface area contributed by atoms with Crippen LogP contribution in [0.4, 0.5) is 0 Å². The number of methoxy groups -OCH3 is 1. The summed E-state index contributed by atoms with van der Waals surface area (Å²) in [5.41, 5.74) is -0.145. The first-order chi connectivity index (χ1) is 11.4. The third kappa shape index (κ3) is 5.17. The lowest BCUT2D eigenvalue weighted by atomic mass is 9.80. The van der Waals surface area contributed by atoms with Crippen LogP contribution in [0.15, 0.2) is 29.2 Å². The quantitative estimate of drug-likeness (QED) is 0.742. The van der Waals surface area contributed by atoms with Crippen LogP contribution in [0.5, 0.6) is 5.75 Å². The van der Waals surface area contributed by atoms with Gasteiger partial charge in [-0.25, -0.2) is 13.1 Å². The molecular weight excluding hydrogens is 328 g/mol. The van der Waals surface area contributed by atoms with E-state index < -0.39 is 10.0 Å². The Hall–Kier alpha value is -1.15. The van der Waals surface area contributed by atoms with Gasteiger partial charge in [0.1, 0.15) is 5.75 Å². The molecule has 0 unspecified atom stereocenters. The molecule has 0 atom stereocenters. The van der Waals surface area contributed by atoms with Crippen LogP contribution in [-0.2, 0) is 14.8 Å². The Morgan fingerprint density at radius 1 is 1.21 bits per heavy atom. The molecule has 2 rings (SSSR count). The Morgan fingerprint density at radius 3 is 2.38 bits per heavy atom. The molecule has 0 spiro atoms. The van der Waals surface area contributed by atoms with Gasteiger partial charge in [-0.05, 0) is 64.0 Å². The average Bonchev–Trinajstić information content (AvgIpc) is 2.54. The second-order valence-electron chi connectivity index (χ2n) is 6.65. The van der Waals surface area contributed by atoms with Gasteiger partial charge in [-0.1, -0.05) is 0 Å². The van der Waals surface area contributed by atoms with Gasteiger partial charge in [0.2, 0.25) is 10.0 Å². The van der Waals surface area contributed by atoms with Crippen molar-refractivity contribution in [3.05, 3.63) is 24.3 Å². The largest absolute Gasteiger partial charge is 0.491 e. The molecule has 2 N–H and O–H groups in total. The Morgan fingerprint density at radius 2 is 1.83 bits per heavy atom. The monoisotopic (exact) mass is 356 g/mol. The van der Waals surface area contributed by atoms with Crippen molar-refractivity contribution in [1.29, 1.82) is 0 Å². The smallest absolute Gasteiger partial charge is 0.240 e. The zero-order valence-electron chi connectivity index (χ0n) is 14.7. The van der Waals surface area contributed by atoms with Crippen molar-refractivity contribution in [3.63, 3.8) is 0 Å². The highest BCUT2D eigenvalue weighted by atomic mass is 32.2. The van der Waals surface area contributed by atoms with Gasteiger partial charge in [-0.3, -0.25) is 0 Å². The number of benzene rings is 1. The minimum atomic E-state index is -3.54. The second kappa shape index (κ2) is 8.29. The molecule has 0 amide bonds. The molecule has 0 saturated carbocycles. The van der Waals surface area contributed by atoms with E-state index in [0.717, 1.165) is 25.9 Å². The van der Waals surface area contributed by atoms with E-state index in [1.807, 2.05) is 13.8 Å². The van der Waals surface area contributed by atoms with Crippen molar-refractivity contribution in [1.82, 2.24) is 10.0 Å². The van der Waals surface area contributed by atoms with Gasteiger partial charge in [0.15, 0.2) is 0 Å². The molecule has 1 aromatic rings. The van der Waals surface area contributed by atoms with Crippen molar-refractivity contribution in [2.75, 3.05) is 33.4 Å². The van der Waals surface area contributed by atoms with E-state index in [9.17, 15) is 8.42 Å². The first kappa shape index (κ1) is 19.2. The number of rotatable bonds is 8. The van der Waals surface area contributed by atoms with E-state index in [-0.39, 0.29) is 16.4 Å². The zero-order chi connectivity index (χ0) is 17.6. The van der Waals surface area contributed by atoms with E-state index in [0.29, 0.717) is 18.9 Å². The molecule has 0 bridgehead atoms. The van der Waals surface area contributed by atoms with Crippen LogP contribution in [0, 0.1) is 5.41 Å². The van der Waals surface area contributed by atoms with Crippen molar-refractivity contribution in [2.24, 2.45) is 5.41 Å². The van der Waals surface area contributed by atoms with Crippen LogP contribution in [-0.4, -0.2) is 47.9 Å². The summed E-state index contributed by atoms with van der Waals surface area (Å²) in [7, 11) is -1.88. The van der Waals surface area contributed by atoms with Gasteiger partial charge in [-0.2, -0.15) is 0 Å². The number of hydrogen-bond acceptors (Lipinski definition) is 5. The van der Waals surface area contributed by atoms with Crippen LogP contribution >= 0.6 is 0 Å². The fraction of sp³-hybridized carbons (Fsp3) is 0.647. The molecule has 24 heavy (non-hydrogen) atoms. The summed E-state index contributed by atoms with van der Waals surface area (Å²) >= 11 is 0. The third-order valence-electron chi connectivity index (χ3n) is 4.26. The maximum atomic E-state index is 12.5. The van der Waals surface area contributed by atoms with Crippen LogP contribution in [0.25, 0.3) is 0 Å². The van der Waals surface area contributed by atoms with E-state index in [1.54, 1.807) is 31.4 Å². The Kier molecular flexibility index (Phi) is 6.62. The number of hydrogen-bond donors (Lipinski definition) is 2. The lowest BCUT2D eigenvalue weighted by Gasteiger charge is -2.37. The fourth-order valence-corrected chi connectivity index (χ4v) is 4.09. The second-order valence-corrected chi connectivity index (χ2v) is 8.41. The van der Waals surface area contributed by atoms with Crippen LogP contribution < -0.4 is 14.8 Å². The topological polar surface area (TPSA) is 76.7 Å². The molecule has 7 heteroatoms. The van der Waals surface area contributed by atoms with E-state index in [2.05, 4.69) is 10.0 Å². The SMILES string of the molecule is COCC1(CNS(=O)(=O)c2ccc(OC(C)C)cc2)CCNCC1. The molecule has 1 heterocycles. The van der Waals surface area contributed by atoms with Gasteiger partial charge in [-0.15, -0.1) is 0 Å². The summed E-state index contributed by atoms with van der Waals surface area (Å²) in [6.07, 6.45) is 1.84. The van der Waals surface area contributed by atoms with E-state index >= 15 is 0 Å². The predicted octanol–water partition coefficient (Wildman–Crippen LogP) is 1.77. The summed E-state index contributed by atoms with van der Waals surface area (Å²) in [6, 6.07) is 6.52. The summed E-state index contributed by atoms with van der Waals surface area (Å²) < 4.78 is 38.7. The first-order valence-corrected chi connectivity index (χ1v) is 9.81. The van der Waals surface area contributed by atoms with Gasteiger partial charge < -0.3 is 14.8 Å². The van der Waals surface area contributed by atoms with Gasteiger partial charge in [0.05, 0.1) is 17.6 Å². The normalized spacial score (nSPS) is 17.8. The zero-order valence-corrected chi connectivity index (χ0v) is 15.5. The maximum Gasteiger partial charge on any atom is 0.240 e. The minimum absolute atomic E-state index is 0.0550. The highest BCUT2D eigenvalue weighted by Gasteiger charge is 2.33. The maximum absolute atomic E-state index is 12.5. The molecule has 1 aliphatic rings. The molecular formula is C17H28N2O4S. The molecule has 1 aromatic carbocycles. The third-order valence-corrected chi connectivity index (χ3v) is 5.67. The lowest BCUT2D eigenvalue weighted by molar-refractivity contribution is 0.0577. The van der Waals surface area contributed by atoms with Crippen molar-refractivity contribution in [2.45, 2.75) is 37.7 Å². The summed E-state index contributed by atoms with van der Waals surface area (Å²) in [6.45, 7) is 6.56. The van der Waals surface area contributed by atoms with Crippen LogP contribution in [0.2, 0.25) is 0 Å². The fourth-order valence-electron chi connectivity index (χ4n) is 2.94. The Labute approximate surface area is 145 Å². The lowest BCUT2D eigenvalue weighted by Crippen LogP contribution is -2.47. The van der Waals surface area contributed by atoms with Crippen molar-refractivity contribution >= 4 is 10.0 Å². The molecule has 136 valence electrons. The standard InChI is InChI=1S/C17H28N2O4S/c1-14(2)23-15-4-6-16(7-5-15)24(20,21)19-12-17(13-22-3)8-10-18-11-9-17/h4-7,14,18-19H,8-13H2,1-3H3. The van der Waals surface area contributed by atoms with Gasteiger partial charge in [0.25, 0.3) is 0 Å². The molecule has 1 aliphatic heterocycles. The predicted molar refractivity (Wildman–Crippen MR) is 93.8 cm³/mol. The van der Waals surface area contributed by atoms with Crippen LogP contribution in [0.3, 0.4) is 0 Å². The van der Waals surface area contributed by atoms with Crippen molar-refractivity contribution in [3.8, 4) is 5.75 Å². The number of piperidine rings is 1. The highest BCUT2D eigenvalue weighted by Crippen LogP contribution is 2.29. The highest BCUT2D eigenvalue weighted by molar-refractivity contribution is 7.89. The molecule has 1 saturated heterocycles. The molecule has 0 aromatic heterocycles. The minimum Gasteiger partial charge on any atom is -0.491 e. The molecule has 6 nitrogen and oxygen atoms in total. The molecule has 1 fully saturated rings.